The summed E-state index contributed by atoms with van der Waals surface area (Å²) >= 11 is 0. The molecule has 0 aromatic carbocycles. The Morgan fingerprint density at radius 3 is 2.36 bits per heavy atom. The lowest BCUT2D eigenvalue weighted by atomic mass is 9.90. The maximum Gasteiger partial charge on any atom is 0.114 e. The Balaban J connectivity index is 2.28. The molecule has 14 heavy (non-hydrogen) atoms. The van der Waals surface area contributed by atoms with Crippen molar-refractivity contribution >= 4 is 5.71 Å². The molecule has 3 atom stereocenters. The molecule has 1 saturated carbocycles. The topological polar surface area (TPSA) is 24.4 Å². The van der Waals surface area contributed by atoms with Crippen LogP contribution in [0.1, 0.15) is 47.5 Å². The van der Waals surface area contributed by atoms with Crippen LogP contribution in [0.15, 0.2) is 4.99 Å². The monoisotopic (exact) mass is 194 g/mol. The van der Waals surface area contributed by atoms with Crippen LogP contribution in [0.5, 0.6) is 0 Å². The Bertz CT molecular complexity index is 280. The SMILES string of the molecule is CC1=NC2(CC(C)(C)CC2C)NC1C. The van der Waals surface area contributed by atoms with Crippen LogP contribution in [0.25, 0.3) is 0 Å². The summed E-state index contributed by atoms with van der Waals surface area (Å²) in [4.78, 5) is 4.88. The van der Waals surface area contributed by atoms with Crippen LogP contribution >= 0.6 is 0 Å². The maximum absolute atomic E-state index is 4.88. The summed E-state index contributed by atoms with van der Waals surface area (Å²) in [7, 11) is 0. The van der Waals surface area contributed by atoms with Crippen molar-refractivity contribution in [3.63, 3.8) is 0 Å². The molecule has 1 N–H and O–H groups in total. The molecule has 3 unspecified atom stereocenters. The summed E-state index contributed by atoms with van der Waals surface area (Å²) in [5.74, 6) is 0.664. The molecule has 2 rings (SSSR count). The molecule has 1 spiro atoms. The van der Waals surface area contributed by atoms with Crippen LogP contribution < -0.4 is 5.32 Å². The summed E-state index contributed by atoms with van der Waals surface area (Å²) in [5, 5.41) is 3.68. The number of hydrogen-bond acceptors (Lipinski definition) is 2. The van der Waals surface area contributed by atoms with Gasteiger partial charge in [0.25, 0.3) is 0 Å². The molecule has 2 nitrogen and oxygen atoms in total. The number of rotatable bonds is 0. The van der Waals surface area contributed by atoms with Gasteiger partial charge < -0.3 is 0 Å². The van der Waals surface area contributed by atoms with E-state index in [9.17, 15) is 0 Å². The normalized spacial score (nSPS) is 45.9. The summed E-state index contributed by atoms with van der Waals surface area (Å²) in [5.41, 5.74) is 1.78. The first kappa shape index (κ1) is 10.2. The Morgan fingerprint density at radius 1 is 1.36 bits per heavy atom. The van der Waals surface area contributed by atoms with E-state index in [-0.39, 0.29) is 5.66 Å². The molecule has 1 heterocycles. The van der Waals surface area contributed by atoms with Crippen molar-refractivity contribution in [3.8, 4) is 0 Å². The van der Waals surface area contributed by atoms with Crippen LogP contribution in [0.4, 0.5) is 0 Å². The zero-order chi connectivity index (χ0) is 10.6. The molecule has 1 aliphatic heterocycles. The van der Waals surface area contributed by atoms with Gasteiger partial charge in [-0.1, -0.05) is 20.8 Å². The quantitative estimate of drug-likeness (QED) is 0.630. The van der Waals surface area contributed by atoms with Gasteiger partial charge in [-0.2, -0.15) is 0 Å². The van der Waals surface area contributed by atoms with Crippen molar-refractivity contribution in [2.45, 2.75) is 59.2 Å². The third kappa shape index (κ3) is 1.40. The van der Waals surface area contributed by atoms with Gasteiger partial charge >= 0.3 is 0 Å². The van der Waals surface area contributed by atoms with Gasteiger partial charge in [-0.25, -0.2) is 0 Å². The summed E-state index contributed by atoms with van der Waals surface area (Å²) in [6.45, 7) is 11.4. The highest BCUT2D eigenvalue weighted by molar-refractivity contribution is 5.89. The van der Waals surface area contributed by atoms with E-state index in [0.717, 1.165) is 0 Å². The van der Waals surface area contributed by atoms with Crippen molar-refractivity contribution < 1.29 is 0 Å². The Kier molecular flexibility index (Phi) is 2.04. The van der Waals surface area contributed by atoms with Crippen molar-refractivity contribution in [1.82, 2.24) is 5.32 Å². The third-order valence-electron chi connectivity index (χ3n) is 3.89. The van der Waals surface area contributed by atoms with Gasteiger partial charge in [0, 0.05) is 11.8 Å². The third-order valence-corrected chi connectivity index (χ3v) is 3.89. The Hall–Kier alpha value is -0.370. The fraction of sp³-hybridized carbons (Fsp3) is 0.917. The van der Waals surface area contributed by atoms with Crippen LogP contribution in [-0.4, -0.2) is 17.4 Å². The zero-order valence-corrected chi connectivity index (χ0v) is 10.0. The lowest BCUT2D eigenvalue weighted by Crippen LogP contribution is -2.45. The molecule has 0 bridgehead atoms. The van der Waals surface area contributed by atoms with Gasteiger partial charge in [0.1, 0.15) is 5.66 Å². The average molecular weight is 194 g/mol. The van der Waals surface area contributed by atoms with Crippen LogP contribution in [0.2, 0.25) is 0 Å². The van der Waals surface area contributed by atoms with Crippen LogP contribution in [0.3, 0.4) is 0 Å². The minimum Gasteiger partial charge on any atom is -0.285 e. The number of hydrogen-bond donors (Lipinski definition) is 1. The maximum atomic E-state index is 4.88. The van der Waals surface area contributed by atoms with E-state index in [2.05, 4.69) is 39.9 Å². The van der Waals surface area contributed by atoms with Crippen LogP contribution in [0, 0.1) is 11.3 Å². The van der Waals surface area contributed by atoms with Gasteiger partial charge in [-0.15, -0.1) is 0 Å². The largest absolute Gasteiger partial charge is 0.285 e. The fourth-order valence-electron chi connectivity index (χ4n) is 3.24. The second kappa shape index (κ2) is 2.82. The lowest BCUT2D eigenvalue weighted by Gasteiger charge is -2.28. The van der Waals surface area contributed by atoms with Gasteiger partial charge in [0.2, 0.25) is 0 Å². The Labute approximate surface area is 87.2 Å². The minimum absolute atomic E-state index is 0.0625. The summed E-state index contributed by atoms with van der Waals surface area (Å²) in [6, 6.07) is 0.464. The molecule has 0 saturated heterocycles. The van der Waals surface area contributed by atoms with Crippen LogP contribution in [-0.2, 0) is 0 Å². The zero-order valence-electron chi connectivity index (χ0n) is 10.0. The minimum atomic E-state index is 0.0625. The van der Waals surface area contributed by atoms with Crippen molar-refractivity contribution in [2.75, 3.05) is 0 Å². The van der Waals surface area contributed by atoms with E-state index in [0.29, 0.717) is 17.4 Å². The highest BCUT2D eigenvalue weighted by atomic mass is 15.2. The fourth-order valence-corrected chi connectivity index (χ4v) is 3.24. The van der Waals surface area contributed by atoms with Gasteiger partial charge in [-0.3, -0.25) is 10.3 Å². The first-order valence-corrected chi connectivity index (χ1v) is 5.69. The molecule has 2 aliphatic rings. The molecule has 1 aliphatic carbocycles. The van der Waals surface area contributed by atoms with E-state index in [4.69, 9.17) is 4.99 Å². The first-order chi connectivity index (χ1) is 6.35. The molecule has 0 aromatic rings. The van der Waals surface area contributed by atoms with Gasteiger partial charge in [0.15, 0.2) is 0 Å². The van der Waals surface area contributed by atoms with Crippen molar-refractivity contribution in [2.24, 2.45) is 16.3 Å². The predicted octanol–water partition coefficient (Wildman–Crippen LogP) is 2.59. The van der Waals surface area contributed by atoms with E-state index >= 15 is 0 Å². The van der Waals surface area contributed by atoms with E-state index in [1.165, 1.54) is 18.6 Å². The smallest absolute Gasteiger partial charge is 0.114 e. The number of nitrogens with one attached hydrogen (secondary N) is 1. The first-order valence-electron chi connectivity index (χ1n) is 5.69. The molecule has 0 radical (unpaired) electrons. The van der Waals surface area contributed by atoms with E-state index in [1.54, 1.807) is 0 Å². The molecule has 1 fully saturated rings. The Morgan fingerprint density at radius 2 is 2.00 bits per heavy atom. The predicted molar refractivity (Wildman–Crippen MR) is 60.6 cm³/mol. The molecular weight excluding hydrogens is 172 g/mol. The average Bonchev–Trinajstić information content (AvgIpc) is 2.35. The van der Waals surface area contributed by atoms with Crippen molar-refractivity contribution in [1.29, 1.82) is 0 Å². The molecule has 2 heteroatoms. The highest BCUT2D eigenvalue weighted by Crippen LogP contribution is 2.49. The molecule has 80 valence electrons. The second-order valence-corrected chi connectivity index (χ2v) is 5.99. The molecule has 0 amide bonds. The summed E-state index contributed by atoms with van der Waals surface area (Å²) in [6.07, 6.45) is 2.46. The van der Waals surface area contributed by atoms with E-state index in [1.807, 2.05) is 0 Å². The highest BCUT2D eigenvalue weighted by Gasteiger charge is 2.51. The second-order valence-electron chi connectivity index (χ2n) is 5.99. The number of aliphatic imine (C=N–C) groups is 1. The van der Waals surface area contributed by atoms with Crippen molar-refractivity contribution in [3.05, 3.63) is 0 Å². The lowest BCUT2D eigenvalue weighted by molar-refractivity contribution is 0.274. The molecular formula is C12H22N2. The van der Waals surface area contributed by atoms with Gasteiger partial charge in [-0.05, 0) is 38.0 Å². The van der Waals surface area contributed by atoms with Gasteiger partial charge in [0.05, 0.1) is 0 Å². The van der Waals surface area contributed by atoms with E-state index < -0.39 is 0 Å². The summed E-state index contributed by atoms with van der Waals surface area (Å²) < 4.78 is 0. The molecule has 0 aromatic heterocycles. The number of nitrogens with zero attached hydrogens (tertiary/aromatic N) is 1. The standard InChI is InChI=1S/C12H22N2/c1-8-6-11(4,5)7-12(8)13-9(2)10(3)14-12/h8-9,13H,6-7H2,1-5H3.